The molecule has 0 aliphatic carbocycles. The minimum absolute atomic E-state index is 0.00250. The van der Waals surface area contributed by atoms with E-state index in [9.17, 15) is 18.4 Å². The van der Waals surface area contributed by atoms with Crippen LogP contribution in [-0.2, 0) is 4.79 Å². The van der Waals surface area contributed by atoms with Crippen molar-refractivity contribution < 1.29 is 23.1 Å². The number of nitrogens with one attached hydrogen (secondary N) is 2. The molecule has 0 saturated heterocycles. The zero-order valence-corrected chi connectivity index (χ0v) is 16.2. The topological polar surface area (TPSA) is 124 Å². The summed E-state index contributed by atoms with van der Waals surface area (Å²) in [5.41, 5.74) is 5.13. The van der Waals surface area contributed by atoms with Crippen LogP contribution in [0.2, 0.25) is 0 Å². The minimum atomic E-state index is -2.91. The molecule has 152 valence electrons. The Morgan fingerprint density at radius 1 is 1.21 bits per heavy atom. The van der Waals surface area contributed by atoms with Crippen molar-refractivity contribution in [2.45, 2.75) is 11.8 Å². The number of nitrogen functional groups attached to an aromatic ring is 1. The summed E-state index contributed by atoms with van der Waals surface area (Å²) >= 11 is 2.26. The number of thiophene rings is 1. The standard InChI is InChI=1S/C16H14F2N6O3S2/c17-15(18)27-10-5-3-9(4-6-10)13-21-23-16(24(13)19)29-8-12(25)20-22-14(26)11-2-1-7-28-11/h1-7,15H,8,19H2,(H,20,25)(H,22,26). The summed E-state index contributed by atoms with van der Waals surface area (Å²) in [6.45, 7) is -2.91. The van der Waals surface area contributed by atoms with Crippen LogP contribution < -0.4 is 21.4 Å². The van der Waals surface area contributed by atoms with E-state index in [0.29, 0.717) is 10.4 Å². The Bertz CT molecular complexity index is 979. The van der Waals surface area contributed by atoms with Gasteiger partial charge in [0.15, 0.2) is 5.82 Å². The van der Waals surface area contributed by atoms with Crippen LogP contribution in [0.4, 0.5) is 8.78 Å². The van der Waals surface area contributed by atoms with Crippen LogP contribution in [0.5, 0.6) is 5.75 Å². The summed E-state index contributed by atoms with van der Waals surface area (Å²) in [7, 11) is 0. The van der Waals surface area contributed by atoms with E-state index < -0.39 is 18.4 Å². The number of amides is 2. The zero-order valence-electron chi connectivity index (χ0n) is 14.5. The van der Waals surface area contributed by atoms with Gasteiger partial charge in [-0.2, -0.15) is 8.78 Å². The highest BCUT2D eigenvalue weighted by molar-refractivity contribution is 7.99. The average molecular weight is 440 g/mol. The molecule has 1 aromatic carbocycles. The molecule has 3 rings (SSSR count). The smallest absolute Gasteiger partial charge is 0.387 e. The average Bonchev–Trinajstić information content (AvgIpc) is 3.35. The lowest BCUT2D eigenvalue weighted by Crippen LogP contribution is -2.42. The molecule has 2 heterocycles. The number of hydrazine groups is 1. The first kappa shape index (κ1) is 20.5. The third-order valence-corrected chi connectivity index (χ3v) is 5.21. The maximum atomic E-state index is 12.2. The number of carbonyl (C=O) groups is 2. The second-order valence-corrected chi connectivity index (χ2v) is 7.24. The van der Waals surface area contributed by atoms with E-state index in [1.54, 1.807) is 17.5 Å². The van der Waals surface area contributed by atoms with Gasteiger partial charge in [-0.25, -0.2) is 4.68 Å². The maximum absolute atomic E-state index is 12.2. The molecule has 13 heteroatoms. The Hall–Kier alpha value is -3.19. The van der Waals surface area contributed by atoms with Gasteiger partial charge in [-0.05, 0) is 35.7 Å². The van der Waals surface area contributed by atoms with Crippen LogP contribution in [-0.4, -0.2) is 39.1 Å². The lowest BCUT2D eigenvalue weighted by atomic mass is 10.2. The van der Waals surface area contributed by atoms with Crippen molar-refractivity contribution in [1.29, 1.82) is 0 Å². The van der Waals surface area contributed by atoms with Crippen LogP contribution in [0.25, 0.3) is 11.4 Å². The van der Waals surface area contributed by atoms with Gasteiger partial charge < -0.3 is 10.6 Å². The van der Waals surface area contributed by atoms with Gasteiger partial charge in [0, 0.05) is 5.56 Å². The van der Waals surface area contributed by atoms with Gasteiger partial charge in [-0.1, -0.05) is 17.8 Å². The summed E-state index contributed by atoms with van der Waals surface area (Å²) < 4.78 is 29.9. The van der Waals surface area contributed by atoms with Gasteiger partial charge in [0.2, 0.25) is 11.1 Å². The quantitative estimate of drug-likeness (QED) is 0.291. The number of ether oxygens (including phenoxy) is 1. The van der Waals surface area contributed by atoms with Crippen molar-refractivity contribution >= 4 is 34.9 Å². The van der Waals surface area contributed by atoms with Gasteiger partial charge in [0.1, 0.15) is 5.75 Å². The third kappa shape index (κ3) is 5.42. The number of aromatic nitrogens is 3. The highest BCUT2D eigenvalue weighted by atomic mass is 32.2. The number of nitrogens with zero attached hydrogens (tertiary/aromatic N) is 3. The van der Waals surface area contributed by atoms with E-state index in [-0.39, 0.29) is 22.5 Å². The van der Waals surface area contributed by atoms with Gasteiger partial charge in [-0.3, -0.25) is 20.4 Å². The summed E-state index contributed by atoms with van der Waals surface area (Å²) in [6.07, 6.45) is 0. The Morgan fingerprint density at radius 2 is 1.97 bits per heavy atom. The largest absolute Gasteiger partial charge is 0.435 e. The first-order valence-corrected chi connectivity index (χ1v) is 9.82. The zero-order chi connectivity index (χ0) is 20.8. The van der Waals surface area contributed by atoms with Crippen molar-refractivity contribution in [3.63, 3.8) is 0 Å². The highest BCUT2D eigenvalue weighted by Crippen LogP contribution is 2.24. The third-order valence-electron chi connectivity index (χ3n) is 3.40. The molecule has 0 fully saturated rings. The summed E-state index contributed by atoms with van der Waals surface area (Å²) in [5.74, 6) is 5.29. The Balaban J connectivity index is 1.54. The number of thioether (sulfide) groups is 1. The molecule has 9 nitrogen and oxygen atoms in total. The predicted molar refractivity (Wildman–Crippen MR) is 103 cm³/mol. The lowest BCUT2D eigenvalue weighted by Gasteiger charge is -2.07. The maximum Gasteiger partial charge on any atom is 0.387 e. The first-order valence-electron chi connectivity index (χ1n) is 7.95. The van der Waals surface area contributed by atoms with E-state index in [2.05, 4.69) is 25.8 Å². The number of halogens is 2. The molecular weight excluding hydrogens is 426 g/mol. The molecule has 0 spiro atoms. The second kappa shape index (κ2) is 9.34. The molecule has 0 saturated carbocycles. The molecule has 2 aromatic heterocycles. The SMILES string of the molecule is Nn1c(SCC(=O)NNC(=O)c2cccs2)nnc1-c1ccc(OC(F)F)cc1. The van der Waals surface area contributed by atoms with Gasteiger partial charge in [0.25, 0.3) is 5.91 Å². The molecule has 0 bridgehead atoms. The van der Waals surface area contributed by atoms with Crippen LogP contribution in [0.15, 0.2) is 46.9 Å². The van der Waals surface area contributed by atoms with Gasteiger partial charge in [0.05, 0.1) is 10.6 Å². The molecule has 0 radical (unpaired) electrons. The number of alkyl halides is 2. The number of hydrogen-bond acceptors (Lipinski definition) is 8. The normalized spacial score (nSPS) is 10.7. The molecule has 0 atom stereocenters. The minimum Gasteiger partial charge on any atom is -0.435 e. The predicted octanol–water partition coefficient (Wildman–Crippen LogP) is 1.88. The molecule has 4 N–H and O–H groups in total. The summed E-state index contributed by atoms with van der Waals surface area (Å²) in [4.78, 5) is 24.1. The summed E-state index contributed by atoms with van der Waals surface area (Å²) in [5, 5.41) is 9.85. The van der Waals surface area contributed by atoms with E-state index in [1.165, 1.54) is 40.3 Å². The molecule has 3 aromatic rings. The number of carbonyl (C=O) groups excluding carboxylic acids is 2. The van der Waals surface area contributed by atoms with E-state index in [4.69, 9.17) is 5.84 Å². The fourth-order valence-electron chi connectivity index (χ4n) is 2.12. The van der Waals surface area contributed by atoms with Gasteiger partial charge in [-0.15, -0.1) is 21.5 Å². The molecular formula is C16H14F2N6O3S2. The van der Waals surface area contributed by atoms with E-state index in [1.807, 2.05) is 0 Å². The number of benzene rings is 1. The summed E-state index contributed by atoms with van der Waals surface area (Å²) in [6, 6.07) is 9.08. The van der Waals surface area contributed by atoms with Crippen molar-refractivity contribution in [3.05, 3.63) is 46.7 Å². The van der Waals surface area contributed by atoms with Crippen LogP contribution in [0.1, 0.15) is 9.67 Å². The van der Waals surface area contributed by atoms with Crippen molar-refractivity contribution in [2.24, 2.45) is 0 Å². The molecule has 0 aliphatic heterocycles. The molecule has 2 amide bonds. The van der Waals surface area contributed by atoms with E-state index >= 15 is 0 Å². The fraction of sp³-hybridized carbons (Fsp3) is 0.125. The van der Waals surface area contributed by atoms with Crippen molar-refractivity contribution in [1.82, 2.24) is 25.7 Å². The van der Waals surface area contributed by atoms with E-state index in [0.717, 1.165) is 11.8 Å². The fourth-order valence-corrected chi connectivity index (χ4v) is 3.40. The second-order valence-electron chi connectivity index (χ2n) is 5.35. The monoisotopic (exact) mass is 440 g/mol. The number of rotatable bonds is 7. The van der Waals surface area contributed by atoms with Gasteiger partial charge >= 0.3 is 6.61 Å². The number of nitrogens with two attached hydrogens (primary N) is 1. The van der Waals surface area contributed by atoms with Crippen molar-refractivity contribution in [2.75, 3.05) is 11.6 Å². The Morgan fingerprint density at radius 3 is 2.62 bits per heavy atom. The first-order chi connectivity index (χ1) is 13.9. The van der Waals surface area contributed by atoms with Crippen LogP contribution in [0.3, 0.4) is 0 Å². The molecule has 0 aliphatic rings. The molecule has 0 unspecified atom stereocenters. The molecule has 29 heavy (non-hydrogen) atoms. The Kier molecular flexibility index (Phi) is 6.61. The van der Waals surface area contributed by atoms with Crippen molar-refractivity contribution in [3.8, 4) is 17.1 Å². The lowest BCUT2D eigenvalue weighted by molar-refractivity contribution is -0.119. The van der Waals surface area contributed by atoms with Crippen LogP contribution in [0, 0.1) is 0 Å². The Labute approximate surface area is 171 Å². The number of hydrogen-bond donors (Lipinski definition) is 3. The van der Waals surface area contributed by atoms with Crippen LogP contribution >= 0.6 is 23.1 Å². The highest BCUT2D eigenvalue weighted by Gasteiger charge is 2.15.